The van der Waals surface area contributed by atoms with E-state index in [4.69, 9.17) is 0 Å². The molecule has 0 saturated carbocycles. The summed E-state index contributed by atoms with van der Waals surface area (Å²) in [7, 11) is 0. The van der Waals surface area contributed by atoms with Crippen LogP contribution in [0.25, 0.3) is 0 Å². The molecule has 2 unspecified atom stereocenters. The minimum absolute atomic E-state index is 0.137. The topological polar surface area (TPSA) is 86.8 Å². The maximum absolute atomic E-state index is 13.4. The molecule has 0 bridgehead atoms. The fourth-order valence-electron chi connectivity index (χ4n) is 3.95. The van der Waals surface area contributed by atoms with Crippen LogP contribution in [-0.2, 0) is 11.0 Å². The van der Waals surface area contributed by atoms with E-state index in [9.17, 15) is 18.0 Å². The zero-order chi connectivity index (χ0) is 22.7. The molecule has 168 valence electrons. The molecule has 1 aliphatic rings. The quantitative estimate of drug-likeness (QED) is 0.627. The third-order valence-electron chi connectivity index (χ3n) is 5.48. The SMILES string of the molecule is Cc1nc(C(NC(=O)C2CCCN(c3ncccc3C(F)(F)F)C2)c2ccccc2)n[nH]1. The summed E-state index contributed by atoms with van der Waals surface area (Å²) in [6.07, 6.45) is -2.02. The number of H-pyrrole nitrogens is 1. The largest absolute Gasteiger partial charge is 0.419 e. The minimum Gasteiger partial charge on any atom is -0.355 e. The normalized spacial score (nSPS) is 17.8. The first-order chi connectivity index (χ1) is 15.3. The summed E-state index contributed by atoms with van der Waals surface area (Å²) in [5.74, 6) is 0.169. The molecule has 7 nitrogen and oxygen atoms in total. The average Bonchev–Trinajstić information content (AvgIpc) is 3.23. The number of pyridine rings is 1. The highest BCUT2D eigenvalue weighted by Gasteiger charge is 2.37. The second-order valence-corrected chi connectivity index (χ2v) is 7.79. The maximum Gasteiger partial charge on any atom is 0.419 e. The van der Waals surface area contributed by atoms with Gasteiger partial charge in [0.2, 0.25) is 5.91 Å². The van der Waals surface area contributed by atoms with Gasteiger partial charge in [0.15, 0.2) is 5.82 Å². The molecule has 1 fully saturated rings. The number of alkyl halides is 3. The first-order valence-corrected chi connectivity index (χ1v) is 10.3. The van der Waals surface area contributed by atoms with Crippen LogP contribution >= 0.6 is 0 Å². The molecule has 2 N–H and O–H groups in total. The van der Waals surface area contributed by atoms with Crippen LogP contribution < -0.4 is 10.2 Å². The van der Waals surface area contributed by atoms with E-state index in [-0.39, 0.29) is 18.3 Å². The molecule has 0 aliphatic carbocycles. The highest BCUT2D eigenvalue weighted by atomic mass is 19.4. The minimum atomic E-state index is -4.51. The fraction of sp³-hybridized carbons (Fsp3) is 0.364. The molecule has 32 heavy (non-hydrogen) atoms. The zero-order valence-corrected chi connectivity index (χ0v) is 17.4. The third-order valence-corrected chi connectivity index (χ3v) is 5.48. The lowest BCUT2D eigenvalue weighted by Gasteiger charge is -2.34. The van der Waals surface area contributed by atoms with Crippen LogP contribution in [0.4, 0.5) is 19.0 Å². The van der Waals surface area contributed by atoms with Gasteiger partial charge in [-0.25, -0.2) is 9.97 Å². The van der Waals surface area contributed by atoms with Gasteiger partial charge in [0.1, 0.15) is 17.7 Å². The second-order valence-electron chi connectivity index (χ2n) is 7.79. The van der Waals surface area contributed by atoms with Crippen LogP contribution in [0.5, 0.6) is 0 Å². The van der Waals surface area contributed by atoms with E-state index in [0.29, 0.717) is 31.0 Å². The smallest absolute Gasteiger partial charge is 0.355 e. The maximum atomic E-state index is 13.4. The van der Waals surface area contributed by atoms with Crippen molar-refractivity contribution in [3.8, 4) is 0 Å². The Hall–Kier alpha value is -3.43. The summed E-state index contributed by atoms with van der Waals surface area (Å²) >= 11 is 0. The van der Waals surface area contributed by atoms with Crippen LogP contribution in [0.3, 0.4) is 0 Å². The number of aromatic amines is 1. The number of hydrogen-bond acceptors (Lipinski definition) is 5. The Morgan fingerprint density at radius 2 is 2.00 bits per heavy atom. The van der Waals surface area contributed by atoms with Gasteiger partial charge in [-0.05, 0) is 37.5 Å². The highest BCUT2D eigenvalue weighted by Crippen LogP contribution is 2.36. The molecular formula is C22H23F3N6O. The molecule has 1 saturated heterocycles. The number of anilines is 1. The van der Waals surface area contributed by atoms with Gasteiger partial charge in [0.05, 0.1) is 11.5 Å². The Morgan fingerprint density at radius 3 is 2.69 bits per heavy atom. The van der Waals surface area contributed by atoms with E-state index in [2.05, 4.69) is 25.5 Å². The van der Waals surface area contributed by atoms with Crippen LogP contribution in [0.1, 0.15) is 41.7 Å². The molecule has 2 aromatic heterocycles. The number of aromatic nitrogens is 4. The van der Waals surface area contributed by atoms with Crippen LogP contribution in [0.15, 0.2) is 48.7 Å². The van der Waals surface area contributed by atoms with Crippen molar-refractivity contribution in [2.24, 2.45) is 5.92 Å². The number of carbonyl (C=O) groups is 1. The second kappa shape index (κ2) is 8.97. The number of hydrogen-bond donors (Lipinski definition) is 2. The number of carbonyl (C=O) groups excluding carboxylic acids is 1. The molecule has 0 radical (unpaired) electrons. The molecule has 10 heteroatoms. The Morgan fingerprint density at radius 1 is 1.22 bits per heavy atom. The lowest BCUT2D eigenvalue weighted by atomic mass is 9.95. The van der Waals surface area contributed by atoms with Crippen molar-refractivity contribution in [2.75, 3.05) is 18.0 Å². The standard InChI is InChI=1S/C22H23F3N6O/c1-14-27-19(30-29-14)18(15-7-3-2-4-8-15)28-21(32)16-9-6-12-31(13-16)20-17(22(23,24)25)10-5-11-26-20/h2-5,7-8,10-11,16,18H,6,9,12-13H2,1H3,(H,28,32)(H,27,29,30). The number of halogens is 3. The van der Waals surface area contributed by atoms with Gasteiger partial charge < -0.3 is 10.2 Å². The predicted molar refractivity (Wildman–Crippen MR) is 112 cm³/mol. The first-order valence-electron chi connectivity index (χ1n) is 10.3. The van der Waals surface area contributed by atoms with Gasteiger partial charge in [-0.3, -0.25) is 9.89 Å². The predicted octanol–water partition coefficient (Wildman–Crippen LogP) is 3.65. The van der Waals surface area contributed by atoms with Gasteiger partial charge in [0, 0.05) is 19.3 Å². The Labute approximate surface area is 183 Å². The zero-order valence-electron chi connectivity index (χ0n) is 17.4. The number of benzene rings is 1. The van der Waals surface area contributed by atoms with Crippen molar-refractivity contribution in [3.63, 3.8) is 0 Å². The number of nitrogens with one attached hydrogen (secondary N) is 2. The van der Waals surface area contributed by atoms with Crippen molar-refractivity contribution in [2.45, 2.75) is 32.0 Å². The van der Waals surface area contributed by atoms with Crippen LogP contribution in [-0.4, -0.2) is 39.2 Å². The number of amides is 1. The molecule has 0 spiro atoms. The summed E-state index contributed by atoms with van der Waals surface area (Å²) in [5, 5.41) is 9.98. The van der Waals surface area contributed by atoms with E-state index in [0.717, 1.165) is 11.6 Å². The van der Waals surface area contributed by atoms with E-state index in [1.807, 2.05) is 30.3 Å². The number of rotatable bonds is 5. The van der Waals surface area contributed by atoms with Crippen molar-refractivity contribution >= 4 is 11.7 Å². The van der Waals surface area contributed by atoms with Gasteiger partial charge in [-0.2, -0.15) is 18.3 Å². The Bertz CT molecular complexity index is 1070. The van der Waals surface area contributed by atoms with Crippen molar-refractivity contribution < 1.29 is 18.0 Å². The summed E-state index contributed by atoms with van der Waals surface area (Å²) in [4.78, 5) is 23.1. The molecule has 1 aromatic carbocycles. The molecule has 2 atom stereocenters. The van der Waals surface area contributed by atoms with Gasteiger partial charge in [0.25, 0.3) is 0 Å². The molecule has 1 amide bonds. The highest BCUT2D eigenvalue weighted by molar-refractivity contribution is 5.80. The van der Waals surface area contributed by atoms with Gasteiger partial charge in [-0.15, -0.1) is 0 Å². The van der Waals surface area contributed by atoms with Crippen molar-refractivity contribution in [3.05, 3.63) is 71.4 Å². The van der Waals surface area contributed by atoms with E-state index < -0.39 is 23.7 Å². The van der Waals surface area contributed by atoms with Crippen LogP contribution in [0.2, 0.25) is 0 Å². The monoisotopic (exact) mass is 444 g/mol. The molecule has 3 heterocycles. The molecule has 3 aromatic rings. The molecule has 1 aliphatic heterocycles. The van der Waals surface area contributed by atoms with E-state index >= 15 is 0 Å². The summed E-state index contributed by atoms with van der Waals surface area (Å²) in [6.45, 7) is 2.33. The fourth-order valence-corrected chi connectivity index (χ4v) is 3.95. The number of nitrogens with zero attached hydrogens (tertiary/aromatic N) is 4. The molecule has 4 rings (SSSR count). The summed E-state index contributed by atoms with van der Waals surface area (Å²) in [6, 6.07) is 11.0. The Kier molecular flexibility index (Phi) is 6.11. The lowest BCUT2D eigenvalue weighted by molar-refractivity contribution is -0.137. The average molecular weight is 444 g/mol. The third kappa shape index (κ3) is 4.74. The number of piperidine rings is 1. The first kappa shape index (κ1) is 21.8. The van der Waals surface area contributed by atoms with Crippen LogP contribution in [0, 0.1) is 12.8 Å². The van der Waals surface area contributed by atoms with E-state index in [1.165, 1.54) is 12.3 Å². The van der Waals surface area contributed by atoms with Crippen molar-refractivity contribution in [1.29, 1.82) is 0 Å². The molecular weight excluding hydrogens is 421 g/mol. The lowest BCUT2D eigenvalue weighted by Crippen LogP contribution is -2.45. The van der Waals surface area contributed by atoms with Gasteiger partial charge in [-0.1, -0.05) is 30.3 Å². The summed E-state index contributed by atoms with van der Waals surface area (Å²) < 4.78 is 40.3. The van der Waals surface area contributed by atoms with Crippen molar-refractivity contribution in [1.82, 2.24) is 25.5 Å². The van der Waals surface area contributed by atoms with Gasteiger partial charge >= 0.3 is 6.18 Å². The summed E-state index contributed by atoms with van der Waals surface area (Å²) in [5.41, 5.74) is 0.0241. The number of aryl methyl sites for hydroxylation is 1. The Balaban J connectivity index is 1.54. The van der Waals surface area contributed by atoms with E-state index in [1.54, 1.807) is 11.8 Å².